The molecule has 0 saturated heterocycles. The Morgan fingerprint density at radius 1 is 1.44 bits per heavy atom. The third-order valence-corrected chi connectivity index (χ3v) is 2.41. The van der Waals surface area contributed by atoms with Crippen LogP contribution in [0.4, 0.5) is 0 Å². The SMILES string of the molecule is Cc1cc(CNCc2cn(CCCO)nn2)on1. The molecule has 0 radical (unpaired) electrons. The van der Waals surface area contributed by atoms with Gasteiger partial charge in [0.05, 0.1) is 17.9 Å². The summed E-state index contributed by atoms with van der Waals surface area (Å²) in [6.45, 7) is 3.98. The first-order valence-corrected chi connectivity index (χ1v) is 5.90. The van der Waals surface area contributed by atoms with Gasteiger partial charge in [-0.1, -0.05) is 10.4 Å². The van der Waals surface area contributed by atoms with Gasteiger partial charge in [0.15, 0.2) is 5.76 Å². The lowest BCUT2D eigenvalue weighted by molar-refractivity contribution is 0.276. The van der Waals surface area contributed by atoms with E-state index < -0.39 is 0 Å². The molecule has 0 aliphatic heterocycles. The van der Waals surface area contributed by atoms with Gasteiger partial charge in [-0.3, -0.25) is 4.68 Å². The molecule has 0 unspecified atom stereocenters. The predicted octanol–water partition coefficient (Wildman–Crippen LogP) is 0.247. The smallest absolute Gasteiger partial charge is 0.150 e. The van der Waals surface area contributed by atoms with E-state index in [-0.39, 0.29) is 6.61 Å². The van der Waals surface area contributed by atoms with Crippen LogP contribution in [0.25, 0.3) is 0 Å². The Morgan fingerprint density at radius 3 is 3.06 bits per heavy atom. The van der Waals surface area contributed by atoms with E-state index in [1.165, 1.54) is 0 Å². The predicted molar refractivity (Wildman–Crippen MR) is 63.5 cm³/mol. The van der Waals surface area contributed by atoms with Crippen LogP contribution in [-0.4, -0.2) is 31.9 Å². The highest BCUT2D eigenvalue weighted by molar-refractivity contribution is 5.03. The first-order valence-electron chi connectivity index (χ1n) is 5.90. The number of nitrogens with zero attached hydrogens (tertiary/aromatic N) is 4. The molecule has 0 atom stereocenters. The summed E-state index contributed by atoms with van der Waals surface area (Å²) >= 11 is 0. The summed E-state index contributed by atoms with van der Waals surface area (Å²) in [6, 6.07) is 1.89. The van der Waals surface area contributed by atoms with Crippen LogP contribution in [0.3, 0.4) is 0 Å². The average molecular weight is 251 g/mol. The highest BCUT2D eigenvalue weighted by Gasteiger charge is 2.02. The number of aryl methyl sites for hydroxylation is 2. The fourth-order valence-electron chi connectivity index (χ4n) is 1.57. The van der Waals surface area contributed by atoms with Gasteiger partial charge in [-0.2, -0.15) is 0 Å². The summed E-state index contributed by atoms with van der Waals surface area (Å²) in [7, 11) is 0. The van der Waals surface area contributed by atoms with E-state index in [2.05, 4.69) is 20.8 Å². The molecule has 98 valence electrons. The van der Waals surface area contributed by atoms with Gasteiger partial charge in [-0.25, -0.2) is 0 Å². The highest BCUT2D eigenvalue weighted by atomic mass is 16.5. The molecule has 2 aromatic rings. The Hall–Kier alpha value is -1.73. The summed E-state index contributed by atoms with van der Waals surface area (Å²) in [5.41, 5.74) is 1.74. The lowest BCUT2D eigenvalue weighted by atomic mass is 10.4. The summed E-state index contributed by atoms with van der Waals surface area (Å²) < 4.78 is 6.81. The maximum Gasteiger partial charge on any atom is 0.150 e. The zero-order chi connectivity index (χ0) is 12.8. The maximum atomic E-state index is 8.71. The molecule has 0 fully saturated rings. The van der Waals surface area contributed by atoms with Gasteiger partial charge in [-0.05, 0) is 13.3 Å². The fourth-order valence-corrected chi connectivity index (χ4v) is 1.57. The van der Waals surface area contributed by atoms with E-state index >= 15 is 0 Å². The number of nitrogens with one attached hydrogen (secondary N) is 1. The molecule has 0 amide bonds. The summed E-state index contributed by atoms with van der Waals surface area (Å²) in [6.07, 6.45) is 2.56. The number of aromatic nitrogens is 4. The number of hydrogen-bond acceptors (Lipinski definition) is 6. The average Bonchev–Trinajstić information content (AvgIpc) is 2.96. The van der Waals surface area contributed by atoms with E-state index in [9.17, 15) is 0 Å². The largest absolute Gasteiger partial charge is 0.396 e. The Morgan fingerprint density at radius 2 is 2.33 bits per heavy atom. The quantitative estimate of drug-likeness (QED) is 0.733. The van der Waals surface area contributed by atoms with Crippen LogP contribution in [-0.2, 0) is 19.6 Å². The van der Waals surface area contributed by atoms with E-state index in [1.54, 1.807) is 4.68 Å². The number of aliphatic hydroxyl groups is 1. The second-order valence-corrected chi connectivity index (χ2v) is 4.09. The number of hydrogen-bond donors (Lipinski definition) is 2. The molecular weight excluding hydrogens is 234 g/mol. The molecular formula is C11H17N5O2. The molecule has 0 spiro atoms. The van der Waals surface area contributed by atoms with Crippen molar-refractivity contribution >= 4 is 0 Å². The summed E-state index contributed by atoms with van der Waals surface area (Å²) in [5.74, 6) is 0.806. The van der Waals surface area contributed by atoms with E-state index in [4.69, 9.17) is 9.63 Å². The third kappa shape index (κ3) is 3.64. The summed E-state index contributed by atoms with van der Waals surface area (Å²) in [4.78, 5) is 0. The van der Waals surface area contributed by atoms with Gasteiger partial charge in [-0.15, -0.1) is 5.10 Å². The number of rotatable bonds is 7. The standard InChI is InChI=1S/C11H17N5O2/c1-9-5-11(18-14-9)7-12-6-10-8-16(15-13-10)3-2-4-17/h5,8,12,17H,2-4,6-7H2,1H3. The molecule has 2 heterocycles. The van der Waals surface area contributed by atoms with Crippen molar-refractivity contribution in [3.05, 3.63) is 29.4 Å². The Balaban J connectivity index is 1.74. The molecule has 0 bridgehead atoms. The van der Waals surface area contributed by atoms with Gasteiger partial charge in [0, 0.05) is 32.0 Å². The Kier molecular flexibility index (Phi) is 4.43. The third-order valence-electron chi connectivity index (χ3n) is 2.41. The van der Waals surface area contributed by atoms with Crippen LogP contribution >= 0.6 is 0 Å². The zero-order valence-electron chi connectivity index (χ0n) is 10.3. The van der Waals surface area contributed by atoms with Crippen molar-refractivity contribution in [3.63, 3.8) is 0 Å². The first kappa shape index (κ1) is 12.7. The number of aliphatic hydroxyl groups excluding tert-OH is 1. The van der Waals surface area contributed by atoms with Gasteiger partial charge in [0.2, 0.25) is 0 Å². The minimum Gasteiger partial charge on any atom is -0.396 e. The minimum atomic E-state index is 0.165. The lowest BCUT2D eigenvalue weighted by Crippen LogP contribution is -2.12. The minimum absolute atomic E-state index is 0.165. The lowest BCUT2D eigenvalue weighted by Gasteiger charge is -1.98. The van der Waals surface area contributed by atoms with Gasteiger partial charge in [0.1, 0.15) is 0 Å². The molecule has 7 nitrogen and oxygen atoms in total. The van der Waals surface area contributed by atoms with Crippen molar-refractivity contribution in [1.29, 1.82) is 0 Å². The van der Waals surface area contributed by atoms with Crippen molar-refractivity contribution < 1.29 is 9.63 Å². The van der Waals surface area contributed by atoms with Gasteiger partial charge < -0.3 is 14.9 Å². The zero-order valence-corrected chi connectivity index (χ0v) is 10.3. The monoisotopic (exact) mass is 251 g/mol. The van der Waals surface area contributed by atoms with E-state index in [1.807, 2.05) is 19.2 Å². The van der Waals surface area contributed by atoms with Crippen molar-refractivity contribution in [1.82, 2.24) is 25.5 Å². The second-order valence-electron chi connectivity index (χ2n) is 4.09. The second kappa shape index (κ2) is 6.27. The van der Waals surface area contributed by atoms with Gasteiger partial charge in [0.25, 0.3) is 0 Å². The van der Waals surface area contributed by atoms with Crippen molar-refractivity contribution in [2.24, 2.45) is 0 Å². The van der Waals surface area contributed by atoms with Crippen LogP contribution in [0.15, 0.2) is 16.8 Å². The van der Waals surface area contributed by atoms with Crippen molar-refractivity contribution in [2.45, 2.75) is 33.0 Å². The fraction of sp³-hybridized carbons (Fsp3) is 0.545. The molecule has 2 aromatic heterocycles. The van der Waals surface area contributed by atoms with Crippen LogP contribution < -0.4 is 5.32 Å². The first-order chi connectivity index (χ1) is 8.78. The maximum absolute atomic E-state index is 8.71. The van der Waals surface area contributed by atoms with Crippen LogP contribution in [0.1, 0.15) is 23.6 Å². The Bertz CT molecular complexity index is 479. The normalized spacial score (nSPS) is 11.0. The molecule has 0 saturated carbocycles. The van der Waals surface area contributed by atoms with Crippen LogP contribution in [0.5, 0.6) is 0 Å². The van der Waals surface area contributed by atoms with E-state index in [0.29, 0.717) is 26.1 Å². The molecule has 0 aliphatic rings. The van der Waals surface area contributed by atoms with Crippen molar-refractivity contribution in [3.8, 4) is 0 Å². The molecule has 0 aliphatic carbocycles. The topological polar surface area (TPSA) is 89.0 Å². The summed E-state index contributed by atoms with van der Waals surface area (Å²) in [5, 5.41) is 23.7. The van der Waals surface area contributed by atoms with Crippen LogP contribution in [0.2, 0.25) is 0 Å². The molecule has 18 heavy (non-hydrogen) atoms. The highest BCUT2D eigenvalue weighted by Crippen LogP contribution is 2.02. The van der Waals surface area contributed by atoms with Gasteiger partial charge >= 0.3 is 0 Å². The molecule has 7 heteroatoms. The van der Waals surface area contributed by atoms with Crippen molar-refractivity contribution in [2.75, 3.05) is 6.61 Å². The molecule has 2 rings (SSSR count). The Labute approximate surface area is 105 Å². The van der Waals surface area contributed by atoms with Crippen LogP contribution in [0, 0.1) is 6.92 Å². The van der Waals surface area contributed by atoms with E-state index in [0.717, 1.165) is 17.1 Å². The molecule has 2 N–H and O–H groups in total. The molecule has 0 aromatic carbocycles.